The highest BCUT2D eigenvalue weighted by molar-refractivity contribution is 7.81. The van der Waals surface area contributed by atoms with Gasteiger partial charge >= 0.3 is 0 Å². The Balaban J connectivity index is 3.50. The third-order valence-corrected chi connectivity index (χ3v) is 1.13. The van der Waals surface area contributed by atoms with Crippen molar-refractivity contribution in [2.45, 2.75) is 19.1 Å². The van der Waals surface area contributed by atoms with Crippen LogP contribution in [-0.4, -0.2) is 23.5 Å². The third-order valence-electron chi connectivity index (χ3n) is 0.891. The SMILES string of the molecule is CC(=O)CNC(=O)[C@H](C)S. The average molecular weight is 161 g/mol. The Hall–Kier alpha value is -0.510. The van der Waals surface area contributed by atoms with E-state index < -0.39 is 0 Å². The first-order chi connectivity index (χ1) is 4.54. The van der Waals surface area contributed by atoms with Gasteiger partial charge in [-0.2, -0.15) is 12.6 Å². The number of rotatable bonds is 3. The summed E-state index contributed by atoms with van der Waals surface area (Å²) in [6, 6.07) is 0. The minimum Gasteiger partial charge on any atom is -0.348 e. The van der Waals surface area contributed by atoms with Crippen LogP contribution in [0.15, 0.2) is 0 Å². The van der Waals surface area contributed by atoms with Crippen LogP contribution >= 0.6 is 12.6 Å². The molecule has 58 valence electrons. The number of thiol groups is 1. The molecule has 1 amide bonds. The van der Waals surface area contributed by atoms with E-state index >= 15 is 0 Å². The number of nitrogens with one attached hydrogen (secondary N) is 1. The molecule has 3 nitrogen and oxygen atoms in total. The fourth-order valence-electron chi connectivity index (χ4n) is 0.359. The summed E-state index contributed by atoms with van der Waals surface area (Å²) in [5, 5.41) is 2.07. The van der Waals surface area contributed by atoms with Gasteiger partial charge in [-0.05, 0) is 13.8 Å². The van der Waals surface area contributed by atoms with Crippen molar-refractivity contribution in [1.82, 2.24) is 5.32 Å². The minimum absolute atomic E-state index is 0.0534. The lowest BCUT2D eigenvalue weighted by Gasteiger charge is -2.03. The Morgan fingerprint density at radius 1 is 1.60 bits per heavy atom. The number of amides is 1. The van der Waals surface area contributed by atoms with E-state index in [1.165, 1.54) is 6.92 Å². The lowest BCUT2D eigenvalue weighted by atomic mass is 10.4. The topological polar surface area (TPSA) is 46.2 Å². The maximum Gasteiger partial charge on any atom is 0.232 e. The summed E-state index contributed by atoms with van der Waals surface area (Å²) in [6.07, 6.45) is 0. The summed E-state index contributed by atoms with van der Waals surface area (Å²) in [5.41, 5.74) is 0. The van der Waals surface area contributed by atoms with E-state index in [1.807, 2.05) is 0 Å². The molecule has 0 saturated carbocycles. The van der Waals surface area contributed by atoms with Crippen LogP contribution in [0.4, 0.5) is 0 Å². The van der Waals surface area contributed by atoms with Crippen LogP contribution in [0.5, 0.6) is 0 Å². The van der Waals surface area contributed by atoms with E-state index in [1.54, 1.807) is 6.92 Å². The molecule has 0 radical (unpaired) electrons. The number of hydrogen-bond acceptors (Lipinski definition) is 3. The lowest BCUT2D eigenvalue weighted by molar-refractivity contribution is -0.123. The smallest absolute Gasteiger partial charge is 0.232 e. The first-order valence-electron chi connectivity index (χ1n) is 2.99. The molecule has 0 aliphatic heterocycles. The van der Waals surface area contributed by atoms with Crippen molar-refractivity contribution in [2.24, 2.45) is 0 Å². The zero-order valence-electron chi connectivity index (χ0n) is 6.05. The van der Waals surface area contributed by atoms with Crippen LogP contribution < -0.4 is 5.32 Å². The van der Waals surface area contributed by atoms with E-state index in [2.05, 4.69) is 17.9 Å². The van der Waals surface area contributed by atoms with Crippen molar-refractivity contribution < 1.29 is 9.59 Å². The first-order valence-corrected chi connectivity index (χ1v) is 3.51. The van der Waals surface area contributed by atoms with Crippen molar-refractivity contribution in [3.8, 4) is 0 Å². The van der Waals surface area contributed by atoms with Crippen molar-refractivity contribution in [3.63, 3.8) is 0 Å². The van der Waals surface area contributed by atoms with Crippen LogP contribution in [0.2, 0.25) is 0 Å². The van der Waals surface area contributed by atoms with E-state index in [-0.39, 0.29) is 23.5 Å². The van der Waals surface area contributed by atoms with Gasteiger partial charge in [0.05, 0.1) is 11.8 Å². The molecular formula is C6H11NO2S. The average Bonchev–Trinajstić information content (AvgIpc) is 1.82. The monoisotopic (exact) mass is 161 g/mol. The molecule has 4 heteroatoms. The minimum atomic E-state index is -0.348. The molecule has 0 saturated heterocycles. The molecule has 0 aliphatic rings. The Morgan fingerprint density at radius 3 is 2.40 bits per heavy atom. The van der Waals surface area contributed by atoms with E-state index in [9.17, 15) is 9.59 Å². The predicted octanol–water partition coefficient (Wildman–Crippen LogP) is 0.00990. The van der Waals surface area contributed by atoms with Gasteiger partial charge in [0.2, 0.25) is 5.91 Å². The highest BCUT2D eigenvalue weighted by atomic mass is 32.1. The van der Waals surface area contributed by atoms with Crippen LogP contribution in [-0.2, 0) is 9.59 Å². The lowest BCUT2D eigenvalue weighted by Crippen LogP contribution is -2.33. The van der Waals surface area contributed by atoms with E-state index in [4.69, 9.17) is 0 Å². The molecule has 1 N–H and O–H groups in total. The standard InChI is InChI=1S/C6H11NO2S/c1-4(8)3-7-6(9)5(2)10/h5,10H,3H2,1-2H3,(H,7,9)/t5-/m0/s1. The fourth-order valence-corrected chi connectivity index (χ4v) is 0.451. The molecule has 0 fully saturated rings. The van der Waals surface area contributed by atoms with Crippen LogP contribution in [0.25, 0.3) is 0 Å². The maximum absolute atomic E-state index is 10.7. The normalized spacial score (nSPS) is 12.3. The molecule has 10 heavy (non-hydrogen) atoms. The summed E-state index contributed by atoms with van der Waals surface area (Å²) in [4.78, 5) is 21.0. The zero-order chi connectivity index (χ0) is 8.15. The molecule has 0 aliphatic carbocycles. The van der Waals surface area contributed by atoms with Crippen molar-refractivity contribution >= 4 is 24.3 Å². The molecule has 0 aromatic rings. The molecule has 0 aromatic heterocycles. The first kappa shape index (κ1) is 9.49. The van der Waals surface area contributed by atoms with Gasteiger partial charge in [-0.25, -0.2) is 0 Å². The molecule has 1 atom stereocenters. The van der Waals surface area contributed by atoms with Gasteiger partial charge in [-0.1, -0.05) is 0 Å². The summed E-state index contributed by atoms with van der Waals surface area (Å²) in [7, 11) is 0. The Kier molecular flexibility index (Phi) is 4.11. The number of carbonyl (C=O) groups is 2. The van der Waals surface area contributed by atoms with Gasteiger partial charge < -0.3 is 5.32 Å². The Bertz CT molecular complexity index is 145. The molecular weight excluding hydrogens is 150 g/mol. The van der Waals surface area contributed by atoms with Crippen LogP contribution in [0.3, 0.4) is 0 Å². The maximum atomic E-state index is 10.7. The molecule has 0 bridgehead atoms. The van der Waals surface area contributed by atoms with Crippen molar-refractivity contribution in [1.29, 1.82) is 0 Å². The largest absolute Gasteiger partial charge is 0.348 e. The molecule has 0 spiro atoms. The van der Waals surface area contributed by atoms with E-state index in [0.717, 1.165) is 0 Å². The number of Topliss-reactive ketones (excluding diaryl/α,β-unsaturated/α-hetero) is 1. The Labute approximate surface area is 65.6 Å². The Morgan fingerprint density at radius 2 is 2.10 bits per heavy atom. The van der Waals surface area contributed by atoms with Gasteiger partial charge in [0.25, 0.3) is 0 Å². The second kappa shape index (κ2) is 4.33. The fraction of sp³-hybridized carbons (Fsp3) is 0.667. The highest BCUT2D eigenvalue weighted by Crippen LogP contribution is 1.90. The second-order valence-electron chi connectivity index (χ2n) is 2.10. The van der Waals surface area contributed by atoms with Gasteiger partial charge in [-0.3, -0.25) is 9.59 Å². The van der Waals surface area contributed by atoms with Gasteiger partial charge in [0, 0.05) is 0 Å². The molecule has 0 aromatic carbocycles. The van der Waals surface area contributed by atoms with Gasteiger partial charge in [0.15, 0.2) is 0 Å². The zero-order valence-corrected chi connectivity index (χ0v) is 6.94. The molecule has 0 rings (SSSR count). The van der Waals surface area contributed by atoms with Crippen molar-refractivity contribution in [2.75, 3.05) is 6.54 Å². The summed E-state index contributed by atoms with van der Waals surface area (Å²) in [6.45, 7) is 3.17. The quantitative estimate of drug-likeness (QED) is 0.573. The third kappa shape index (κ3) is 4.38. The highest BCUT2D eigenvalue weighted by Gasteiger charge is 2.06. The van der Waals surface area contributed by atoms with Crippen molar-refractivity contribution in [3.05, 3.63) is 0 Å². The summed E-state index contributed by atoms with van der Waals surface area (Å²) >= 11 is 3.87. The number of ketones is 1. The summed E-state index contributed by atoms with van der Waals surface area (Å²) in [5.74, 6) is -0.263. The number of hydrogen-bond donors (Lipinski definition) is 2. The number of carbonyl (C=O) groups excluding carboxylic acids is 2. The van der Waals surface area contributed by atoms with Gasteiger partial charge in [-0.15, -0.1) is 0 Å². The van der Waals surface area contributed by atoms with Crippen LogP contribution in [0.1, 0.15) is 13.8 Å². The molecule has 0 heterocycles. The van der Waals surface area contributed by atoms with E-state index in [0.29, 0.717) is 0 Å². The second-order valence-corrected chi connectivity index (χ2v) is 2.87. The molecule has 0 unspecified atom stereocenters. The summed E-state index contributed by atoms with van der Waals surface area (Å²) < 4.78 is 0. The predicted molar refractivity (Wildman–Crippen MR) is 42.1 cm³/mol. The van der Waals surface area contributed by atoms with Crippen LogP contribution in [0, 0.1) is 0 Å². The van der Waals surface area contributed by atoms with Gasteiger partial charge in [0.1, 0.15) is 5.78 Å².